The maximum Gasteiger partial charge on any atom is 0.190 e. The molecule has 6 heteroatoms. The summed E-state index contributed by atoms with van der Waals surface area (Å²) in [5.41, 5.74) is 2.18. The monoisotopic (exact) mass is 375 g/mol. The number of nitrogens with zero attached hydrogens (tertiary/aromatic N) is 1. The molecule has 0 atom stereocenters. The number of H-pyrrole nitrogens is 1. The molecule has 0 aliphatic carbocycles. The number of nitrogens with one attached hydrogen (secondary N) is 2. The van der Waals surface area contributed by atoms with Gasteiger partial charge in [-0.25, -0.2) is 4.98 Å². The molecule has 26 heavy (non-hydrogen) atoms. The van der Waals surface area contributed by atoms with Crippen molar-refractivity contribution < 1.29 is 4.74 Å². The Bertz CT molecular complexity index is 869. The molecule has 0 fully saturated rings. The van der Waals surface area contributed by atoms with Crippen molar-refractivity contribution >= 4 is 27.4 Å². The number of aromatic amines is 1. The first-order chi connectivity index (χ1) is 12.6. The number of pyridine rings is 1. The quantitative estimate of drug-likeness (QED) is 0.629. The summed E-state index contributed by atoms with van der Waals surface area (Å²) in [5.74, 6) is 0.709. The van der Waals surface area contributed by atoms with Crippen LogP contribution in [-0.4, -0.2) is 23.1 Å². The minimum Gasteiger partial charge on any atom is -0.497 e. The Labute approximate surface area is 159 Å². The lowest BCUT2D eigenvalue weighted by molar-refractivity contribution is 0.415. The number of methoxy groups -OCH3 is 1. The zero-order chi connectivity index (χ0) is 19.7. The third kappa shape index (κ3) is 5.33. The van der Waals surface area contributed by atoms with Crippen LogP contribution in [0.3, 0.4) is 0 Å². The number of anilines is 1. The first kappa shape index (κ1) is 21.7. The maximum atomic E-state index is 12.3. The van der Waals surface area contributed by atoms with E-state index in [1.165, 1.54) is 11.3 Å². The molecule has 0 radical (unpaired) electrons. The number of benzene rings is 1. The predicted molar refractivity (Wildman–Crippen MR) is 114 cm³/mol. The second-order valence-electron chi connectivity index (χ2n) is 5.30. The number of fused-ring (bicyclic) bond motifs is 1. The van der Waals surface area contributed by atoms with Crippen molar-refractivity contribution in [3.63, 3.8) is 0 Å². The lowest BCUT2D eigenvalue weighted by Gasteiger charge is -2.05. The third-order valence-electron chi connectivity index (χ3n) is 3.23. The van der Waals surface area contributed by atoms with Crippen molar-refractivity contribution in [1.29, 1.82) is 0 Å². The van der Waals surface area contributed by atoms with E-state index in [1.807, 2.05) is 39.1 Å². The summed E-state index contributed by atoms with van der Waals surface area (Å²) in [4.78, 5) is 20.0. The molecule has 2 aromatic heterocycles. The van der Waals surface area contributed by atoms with Crippen LogP contribution in [0.15, 0.2) is 34.4 Å². The molecule has 2 heterocycles. The van der Waals surface area contributed by atoms with Crippen molar-refractivity contribution in [2.45, 2.75) is 47.6 Å². The molecule has 1 aromatic carbocycles. The lowest BCUT2D eigenvalue weighted by Crippen LogP contribution is -2.09. The average Bonchev–Trinajstić information content (AvgIpc) is 3.12. The van der Waals surface area contributed by atoms with Crippen molar-refractivity contribution in [1.82, 2.24) is 9.97 Å². The largest absolute Gasteiger partial charge is 0.497 e. The number of aromatic nitrogens is 2. The van der Waals surface area contributed by atoms with Gasteiger partial charge < -0.3 is 15.0 Å². The first-order valence-corrected chi connectivity index (χ1v) is 9.88. The standard InChI is InChI=1S/C16H17N3O2S.2C2H6/c1-9(2)17-16-19-14(8-22-16)13-7-15(20)11-5-4-10(21-3)6-12(11)18-13;2*1-2/h4-9H,1-3H3,(H,17,19)(H,18,20);2*1-2H3. The van der Waals surface area contributed by atoms with Crippen LogP contribution in [0.25, 0.3) is 22.3 Å². The van der Waals surface area contributed by atoms with E-state index < -0.39 is 0 Å². The zero-order valence-electron chi connectivity index (χ0n) is 16.6. The van der Waals surface area contributed by atoms with Crippen LogP contribution in [-0.2, 0) is 0 Å². The van der Waals surface area contributed by atoms with E-state index in [4.69, 9.17) is 4.74 Å². The molecule has 142 valence electrons. The highest BCUT2D eigenvalue weighted by atomic mass is 32.1. The number of thiazole rings is 1. The van der Waals surface area contributed by atoms with Gasteiger partial charge in [-0.05, 0) is 26.0 Å². The summed E-state index contributed by atoms with van der Waals surface area (Å²) in [7, 11) is 1.60. The summed E-state index contributed by atoms with van der Waals surface area (Å²) >= 11 is 1.52. The van der Waals surface area contributed by atoms with Crippen LogP contribution in [0.5, 0.6) is 5.75 Å². The van der Waals surface area contributed by atoms with Crippen LogP contribution in [0.2, 0.25) is 0 Å². The second kappa shape index (κ2) is 10.6. The average molecular weight is 376 g/mol. The van der Waals surface area contributed by atoms with Crippen molar-refractivity contribution in [2.24, 2.45) is 0 Å². The Morgan fingerprint density at radius 3 is 2.46 bits per heavy atom. The molecular formula is C20H29N3O2S. The Morgan fingerprint density at radius 2 is 1.85 bits per heavy atom. The fraction of sp³-hybridized carbons (Fsp3) is 0.400. The molecule has 3 rings (SSSR count). The van der Waals surface area contributed by atoms with Crippen molar-refractivity contribution in [2.75, 3.05) is 12.4 Å². The molecule has 0 saturated carbocycles. The van der Waals surface area contributed by atoms with Gasteiger partial charge in [0, 0.05) is 28.9 Å². The van der Waals surface area contributed by atoms with Gasteiger partial charge in [0.2, 0.25) is 0 Å². The summed E-state index contributed by atoms with van der Waals surface area (Å²) in [6.07, 6.45) is 0. The van der Waals surface area contributed by atoms with Gasteiger partial charge in [-0.3, -0.25) is 4.79 Å². The van der Waals surface area contributed by atoms with E-state index in [0.29, 0.717) is 22.9 Å². The molecule has 0 saturated heterocycles. The molecule has 0 amide bonds. The number of hydrogen-bond acceptors (Lipinski definition) is 5. The van der Waals surface area contributed by atoms with Gasteiger partial charge in [0.05, 0.1) is 24.0 Å². The highest BCUT2D eigenvalue weighted by molar-refractivity contribution is 7.14. The second-order valence-corrected chi connectivity index (χ2v) is 6.15. The van der Waals surface area contributed by atoms with Gasteiger partial charge in [-0.1, -0.05) is 27.7 Å². The van der Waals surface area contributed by atoms with E-state index in [9.17, 15) is 4.79 Å². The minimum atomic E-state index is -0.0298. The SMILES string of the molecule is CC.CC.COc1ccc2c(=O)cc(-c3csc(NC(C)C)n3)[nH]c2c1. The predicted octanol–water partition coefficient (Wildman–Crippen LogP) is 5.53. The zero-order valence-corrected chi connectivity index (χ0v) is 17.5. The molecule has 0 unspecified atom stereocenters. The summed E-state index contributed by atoms with van der Waals surface area (Å²) in [6, 6.07) is 7.27. The van der Waals surface area contributed by atoms with Crippen LogP contribution in [0.4, 0.5) is 5.13 Å². The lowest BCUT2D eigenvalue weighted by atomic mass is 10.1. The highest BCUT2D eigenvalue weighted by Gasteiger charge is 2.09. The van der Waals surface area contributed by atoms with E-state index in [1.54, 1.807) is 25.3 Å². The summed E-state index contributed by atoms with van der Waals surface area (Å²) in [5, 5.41) is 6.68. The molecule has 0 spiro atoms. The van der Waals surface area contributed by atoms with E-state index in [2.05, 4.69) is 29.1 Å². The molecule has 3 aromatic rings. The van der Waals surface area contributed by atoms with Crippen molar-refractivity contribution in [3.8, 4) is 17.1 Å². The van der Waals surface area contributed by atoms with Crippen molar-refractivity contribution in [3.05, 3.63) is 39.9 Å². The Hall–Kier alpha value is -2.34. The smallest absolute Gasteiger partial charge is 0.190 e. The normalized spacial score (nSPS) is 9.85. The summed E-state index contributed by atoms with van der Waals surface area (Å²) in [6.45, 7) is 12.1. The third-order valence-corrected chi connectivity index (χ3v) is 4.00. The fourth-order valence-corrected chi connectivity index (χ4v) is 3.07. The Kier molecular flexibility index (Phi) is 8.85. The number of hydrogen-bond donors (Lipinski definition) is 2. The topological polar surface area (TPSA) is 67.0 Å². The van der Waals surface area contributed by atoms with Gasteiger partial charge in [-0.15, -0.1) is 11.3 Å². The molecule has 5 nitrogen and oxygen atoms in total. The van der Waals surface area contributed by atoms with E-state index in [-0.39, 0.29) is 5.43 Å². The molecule has 2 N–H and O–H groups in total. The van der Waals surface area contributed by atoms with Gasteiger partial charge in [0.15, 0.2) is 10.6 Å². The van der Waals surface area contributed by atoms with Crippen LogP contribution in [0, 0.1) is 0 Å². The molecular weight excluding hydrogens is 346 g/mol. The van der Waals surface area contributed by atoms with Gasteiger partial charge in [-0.2, -0.15) is 0 Å². The van der Waals surface area contributed by atoms with E-state index in [0.717, 1.165) is 16.3 Å². The Morgan fingerprint density at radius 1 is 1.15 bits per heavy atom. The summed E-state index contributed by atoms with van der Waals surface area (Å²) < 4.78 is 5.21. The highest BCUT2D eigenvalue weighted by Crippen LogP contribution is 2.25. The first-order valence-electron chi connectivity index (χ1n) is 9.00. The fourth-order valence-electron chi connectivity index (χ4n) is 2.21. The van der Waals surface area contributed by atoms with Crippen LogP contribution >= 0.6 is 11.3 Å². The molecule has 0 aliphatic rings. The maximum absolute atomic E-state index is 12.3. The van der Waals surface area contributed by atoms with Gasteiger partial charge >= 0.3 is 0 Å². The van der Waals surface area contributed by atoms with E-state index >= 15 is 0 Å². The van der Waals surface area contributed by atoms with Gasteiger partial charge in [0.25, 0.3) is 0 Å². The van der Waals surface area contributed by atoms with Crippen LogP contribution in [0.1, 0.15) is 41.5 Å². The minimum absolute atomic E-state index is 0.0298. The number of rotatable bonds is 4. The molecule has 0 aliphatic heterocycles. The Balaban J connectivity index is 0.000000791. The van der Waals surface area contributed by atoms with Crippen LogP contribution < -0.4 is 15.5 Å². The van der Waals surface area contributed by atoms with Gasteiger partial charge in [0.1, 0.15) is 5.75 Å². The number of ether oxygens (including phenoxy) is 1. The molecule has 0 bridgehead atoms.